The highest BCUT2D eigenvalue weighted by Gasteiger charge is 2.08. The zero-order valence-electron chi connectivity index (χ0n) is 7.56. The smallest absolute Gasteiger partial charge is 0.234 e. The molecule has 0 radical (unpaired) electrons. The molecule has 1 rings (SSSR count). The number of nitrogens with zero attached hydrogens (tertiary/aromatic N) is 1. The van der Waals surface area contributed by atoms with Crippen molar-refractivity contribution in [3.63, 3.8) is 0 Å². The van der Waals surface area contributed by atoms with Crippen LogP contribution in [0.4, 0.5) is 0 Å². The van der Waals surface area contributed by atoms with Gasteiger partial charge in [0.2, 0.25) is 5.91 Å². The zero-order valence-corrected chi connectivity index (χ0v) is 7.56. The normalized spacial score (nSPS) is 9.50. The Morgan fingerprint density at radius 3 is 2.71 bits per heavy atom. The SMILES string of the molecule is NNC(=O)CCC(=O)c1ccccn1. The second-order valence-electron chi connectivity index (χ2n) is 2.71. The molecule has 0 unspecified atom stereocenters. The van der Waals surface area contributed by atoms with Gasteiger partial charge in [0.1, 0.15) is 5.69 Å². The summed E-state index contributed by atoms with van der Waals surface area (Å²) in [7, 11) is 0. The molecule has 3 N–H and O–H groups in total. The number of Topliss-reactive ketones (excluding diaryl/α,β-unsaturated/α-hetero) is 1. The minimum Gasteiger partial charge on any atom is -0.294 e. The first-order valence-corrected chi connectivity index (χ1v) is 4.17. The average Bonchev–Trinajstić information content (AvgIpc) is 2.26. The van der Waals surface area contributed by atoms with Crippen LogP contribution in [0.25, 0.3) is 0 Å². The number of pyridine rings is 1. The van der Waals surface area contributed by atoms with Crippen LogP contribution in [0, 0.1) is 0 Å². The van der Waals surface area contributed by atoms with Crippen molar-refractivity contribution in [1.29, 1.82) is 0 Å². The van der Waals surface area contributed by atoms with E-state index in [0.29, 0.717) is 5.69 Å². The number of nitrogens with one attached hydrogen (secondary N) is 1. The highest BCUT2D eigenvalue weighted by molar-refractivity contribution is 5.96. The second kappa shape index (κ2) is 5.08. The molecule has 0 atom stereocenters. The van der Waals surface area contributed by atoms with E-state index in [9.17, 15) is 9.59 Å². The fourth-order valence-electron chi connectivity index (χ4n) is 0.955. The first kappa shape index (κ1) is 10.3. The maximum atomic E-state index is 11.4. The molecule has 74 valence electrons. The molecule has 1 aromatic heterocycles. The lowest BCUT2D eigenvalue weighted by Crippen LogP contribution is -2.30. The van der Waals surface area contributed by atoms with E-state index in [-0.39, 0.29) is 24.5 Å². The molecule has 1 amide bonds. The van der Waals surface area contributed by atoms with Gasteiger partial charge in [0.15, 0.2) is 5.78 Å². The number of hydrogen-bond donors (Lipinski definition) is 2. The quantitative estimate of drug-likeness (QED) is 0.306. The van der Waals surface area contributed by atoms with E-state index in [4.69, 9.17) is 5.84 Å². The highest BCUT2D eigenvalue weighted by atomic mass is 16.2. The van der Waals surface area contributed by atoms with Gasteiger partial charge in [-0.25, -0.2) is 5.84 Å². The van der Waals surface area contributed by atoms with Crippen molar-refractivity contribution < 1.29 is 9.59 Å². The molecule has 0 fully saturated rings. The summed E-state index contributed by atoms with van der Waals surface area (Å²) in [6.07, 6.45) is 1.75. The maximum absolute atomic E-state index is 11.4. The van der Waals surface area contributed by atoms with Crippen molar-refractivity contribution in [2.45, 2.75) is 12.8 Å². The second-order valence-corrected chi connectivity index (χ2v) is 2.71. The van der Waals surface area contributed by atoms with E-state index in [2.05, 4.69) is 4.98 Å². The number of aromatic nitrogens is 1. The van der Waals surface area contributed by atoms with Crippen molar-refractivity contribution in [1.82, 2.24) is 10.4 Å². The van der Waals surface area contributed by atoms with Gasteiger partial charge in [-0.1, -0.05) is 6.07 Å². The molecule has 0 saturated heterocycles. The third kappa shape index (κ3) is 2.95. The van der Waals surface area contributed by atoms with Gasteiger partial charge in [0, 0.05) is 19.0 Å². The molecule has 14 heavy (non-hydrogen) atoms. The monoisotopic (exact) mass is 193 g/mol. The number of hydrogen-bond acceptors (Lipinski definition) is 4. The minimum atomic E-state index is -0.353. The summed E-state index contributed by atoms with van der Waals surface area (Å²) in [5.74, 6) is 4.36. The largest absolute Gasteiger partial charge is 0.294 e. The van der Waals surface area contributed by atoms with Gasteiger partial charge in [-0.05, 0) is 12.1 Å². The molecular weight excluding hydrogens is 182 g/mol. The Labute approximate surface area is 81.3 Å². The summed E-state index contributed by atoms with van der Waals surface area (Å²) >= 11 is 0. The van der Waals surface area contributed by atoms with Gasteiger partial charge in [-0.15, -0.1) is 0 Å². The van der Waals surface area contributed by atoms with Gasteiger partial charge >= 0.3 is 0 Å². The summed E-state index contributed by atoms with van der Waals surface area (Å²) in [6.45, 7) is 0. The number of carbonyl (C=O) groups excluding carboxylic acids is 2. The molecule has 0 spiro atoms. The number of amides is 1. The average molecular weight is 193 g/mol. The molecule has 5 nitrogen and oxygen atoms in total. The lowest BCUT2D eigenvalue weighted by molar-refractivity contribution is -0.121. The molecule has 1 heterocycles. The summed E-state index contributed by atoms with van der Waals surface area (Å²) in [5, 5.41) is 0. The van der Waals surface area contributed by atoms with Gasteiger partial charge < -0.3 is 0 Å². The van der Waals surface area contributed by atoms with E-state index >= 15 is 0 Å². The van der Waals surface area contributed by atoms with Crippen LogP contribution in [-0.2, 0) is 4.79 Å². The van der Waals surface area contributed by atoms with Crippen LogP contribution >= 0.6 is 0 Å². The third-order valence-electron chi connectivity index (χ3n) is 1.69. The van der Waals surface area contributed by atoms with Crippen LogP contribution in [-0.4, -0.2) is 16.7 Å². The molecule has 1 aromatic rings. The fraction of sp³-hybridized carbons (Fsp3) is 0.222. The number of carbonyl (C=O) groups is 2. The number of ketones is 1. The summed E-state index contributed by atoms with van der Waals surface area (Å²) in [4.78, 5) is 26.0. The van der Waals surface area contributed by atoms with Gasteiger partial charge in [0.05, 0.1) is 0 Å². The van der Waals surface area contributed by atoms with Gasteiger partial charge in [0.25, 0.3) is 0 Å². The Kier molecular flexibility index (Phi) is 3.75. The van der Waals surface area contributed by atoms with Gasteiger partial charge in [-0.3, -0.25) is 20.0 Å². The fourth-order valence-corrected chi connectivity index (χ4v) is 0.955. The van der Waals surface area contributed by atoms with E-state index < -0.39 is 0 Å². The molecule has 5 heteroatoms. The topological polar surface area (TPSA) is 85.1 Å². The Hall–Kier alpha value is -1.75. The van der Waals surface area contributed by atoms with Crippen molar-refractivity contribution in [3.8, 4) is 0 Å². The predicted octanol–water partition coefficient (Wildman–Crippen LogP) is 0.0344. The third-order valence-corrected chi connectivity index (χ3v) is 1.69. The predicted molar refractivity (Wildman–Crippen MR) is 50.1 cm³/mol. The van der Waals surface area contributed by atoms with Crippen LogP contribution < -0.4 is 11.3 Å². The Morgan fingerprint density at radius 2 is 2.14 bits per heavy atom. The van der Waals surface area contributed by atoms with Crippen LogP contribution in [0.15, 0.2) is 24.4 Å². The van der Waals surface area contributed by atoms with Crippen molar-refractivity contribution in [3.05, 3.63) is 30.1 Å². The molecule has 0 aliphatic heterocycles. The van der Waals surface area contributed by atoms with Crippen LogP contribution in [0.5, 0.6) is 0 Å². The first-order valence-electron chi connectivity index (χ1n) is 4.17. The zero-order chi connectivity index (χ0) is 10.4. The number of hydrazine groups is 1. The Morgan fingerprint density at radius 1 is 1.36 bits per heavy atom. The first-order chi connectivity index (χ1) is 6.74. The lowest BCUT2D eigenvalue weighted by atomic mass is 10.1. The van der Waals surface area contributed by atoms with Crippen LogP contribution in [0.1, 0.15) is 23.3 Å². The number of rotatable bonds is 4. The van der Waals surface area contributed by atoms with Crippen molar-refractivity contribution in [2.24, 2.45) is 5.84 Å². The minimum absolute atomic E-state index is 0.0892. The highest BCUT2D eigenvalue weighted by Crippen LogP contribution is 2.01. The van der Waals surface area contributed by atoms with E-state index in [1.165, 1.54) is 6.20 Å². The van der Waals surface area contributed by atoms with Crippen LogP contribution in [0.3, 0.4) is 0 Å². The molecule has 0 saturated carbocycles. The van der Waals surface area contributed by atoms with Gasteiger partial charge in [-0.2, -0.15) is 0 Å². The molecule has 0 aromatic carbocycles. The van der Waals surface area contributed by atoms with E-state index in [1.807, 2.05) is 5.43 Å². The standard InChI is InChI=1S/C9H11N3O2/c10-12-9(14)5-4-8(13)7-3-1-2-6-11-7/h1-3,6H,4-5,10H2,(H,12,14). The maximum Gasteiger partial charge on any atom is 0.234 e. The van der Waals surface area contributed by atoms with Crippen molar-refractivity contribution in [2.75, 3.05) is 0 Å². The van der Waals surface area contributed by atoms with E-state index in [0.717, 1.165) is 0 Å². The molecule has 0 aliphatic rings. The number of nitrogens with two attached hydrogens (primary N) is 1. The molecule has 0 bridgehead atoms. The van der Waals surface area contributed by atoms with E-state index in [1.54, 1.807) is 18.2 Å². The summed E-state index contributed by atoms with van der Waals surface area (Å²) < 4.78 is 0. The summed E-state index contributed by atoms with van der Waals surface area (Å²) in [6, 6.07) is 5.06. The lowest BCUT2D eigenvalue weighted by Gasteiger charge is -1.98. The Balaban J connectivity index is 2.48. The molecular formula is C9H11N3O2. The van der Waals surface area contributed by atoms with Crippen LogP contribution in [0.2, 0.25) is 0 Å². The molecule has 0 aliphatic carbocycles. The summed E-state index contributed by atoms with van der Waals surface area (Å²) in [5.41, 5.74) is 2.33. The van der Waals surface area contributed by atoms with Crippen molar-refractivity contribution >= 4 is 11.7 Å². The Bertz CT molecular complexity index is 324.